The first-order chi connectivity index (χ1) is 16.7. The first-order valence-corrected chi connectivity index (χ1v) is 13.6. The molecule has 2 bridgehead atoms. The van der Waals surface area contributed by atoms with E-state index in [1.807, 2.05) is 46.4 Å². The summed E-state index contributed by atoms with van der Waals surface area (Å²) in [7, 11) is -4.06. The number of halogens is 1. The van der Waals surface area contributed by atoms with E-state index in [0.29, 0.717) is 17.6 Å². The molecule has 11 heteroatoms. The number of amides is 1. The van der Waals surface area contributed by atoms with Crippen molar-refractivity contribution in [1.82, 2.24) is 10.2 Å². The fourth-order valence-corrected chi connectivity index (χ4v) is 6.10. The van der Waals surface area contributed by atoms with Crippen LogP contribution in [0.15, 0.2) is 17.8 Å². The van der Waals surface area contributed by atoms with Crippen molar-refractivity contribution in [2.45, 2.75) is 97.1 Å². The third-order valence-electron chi connectivity index (χ3n) is 6.93. The smallest absolute Gasteiger partial charge is 0.403 e. The van der Waals surface area contributed by atoms with Crippen LogP contribution in [0, 0.1) is 5.82 Å². The highest BCUT2D eigenvalue weighted by Crippen LogP contribution is 2.58. The van der Waals surface area contributed by atoms with Gasteiger partial charge in [-0.1, -0.05) is 41.5 Å². The number of phosphoric ester groups is 1. The first kappa shape index (κ1) is 25.7. The van der Waals surface area contributed by atoms with Gasteiger partial charge in [-0.15, -0.1) is 0 Å². The minimum absolute atomic E-state index is 0.113. The Labute approximate surface area is 210 Å². The van der Waals surface area contributed by atoms with Gasteiger partial charge in [0.2, 0.25) is 6.35 Å². The first-order valence-electron chi connectivity index (χ1n) is 12.2. The van der Waals surface area contributed by atoms with E-state index in [1.54, 1.807) is 19.2 Å². The van der Waals surface area contributed by atoms with Crippen molar-refractivity contribution in [3.05, 3.63) is 40.3 Å². The third kappa shape index (κ3) is 4.47. The summed E-state index contributed by atoms with van der Waals surface area (Å²) in [5.41, 5.74) is 1.25. The lowest BCUT2D eigenvalue weighted by molar-refractivity contribution is -0.163. The van der Waals surface area contributed by atoms with Crippen molar-refractivity contribution >= 4 is 13.7 Å². The highest BCUT2D eigenvalue weighted by Gasteiger charge is 2.50. The average molecular weight is 525 g/mol. The summed E-state index contributed by atoms with van der Waals surface area (Å²) < 4.78 is 58.0. The molecule has 4 heterocycles. The van der Waals surface area contributed by atoms with Crippen molar-refractivity contribution in [1.29, 1.82) is 0 Å². The van der Waals surface area contributed by atoms with Crippen LogP contribution in [0.3, 0.4) is 0 Å². The zero-order valence-corrected chi connectivity index (χ0v) is 22.6. The molecule has 1 aromatic carbocycles. The maximum atomic E-state index is 15.5. The summed E-state index contributed by atoms with van der Waals surface area (Å²) in [5, 5.41) is 2.79. The second-order valence-corrected chi connectivity index (χ2v) is 13.4. The number of carbonyl (C=O) groups is 1. The van der Waals surface area contributed by atoms with Gasteiger partial charge >= 0.3 is 7.82 Å². The van der Waals surface area contributed by atoms with Crippen LogP contribution in [0.1, 0.15) is 71.6 Å². The van der Waals surface area contributed by atoms with Crippen LogP contribution < -0.4 is 9.84 Å². The molecule has 0 aliphatic carbocycles. The molecule has 0 aromatic heterocycles. The van der Waals surface area contributed by atoms with Gasteiger partial charge < -0.3 is 24.2 Å². The summed E-state index contributed by atoms with van der Waals surface area (Å²) in [5.74, 6) is -0.403. The van der Waals surface area contributed by atoms with Crippen LogP contribution >= 0.6 is 7.82 Å². The number of nitrogens with one attached hydrogen (secondary N) is 1. The van der Waals surface area contributed by atoms with Crippen LogP contribution in [0.25, 0.3) is 0 Å². The molecule has 198 valence electrons. The quantitative estimate of drug-likeness (QED) is 0.574. The second kappa shape index (κ2) is 8.53. The van der Waals surface area contributed by atoms with E-state index in [4.69, 9.17) is 23.0 Å². The lowest BCUT2D eigenvalue weighted by atomic mass is 9.78. The van der Waals surface area contributed by atoms with E-state index in [0.717, 1.165) is 5.56 Å². The highest BCUT2D eigenvalue weighted by molar-refractivity contribution is 7.49. The Morgan fingerprint density at radius 2 is 1.86 bits per heavy atom. The van der Waals surface area contributed by atoms with Crippen molar-refractivity contribution < 1.29 is 36.8 Å². The molecule has 5 rings (SSSR count). The number of fused-ring (bicyclic) bond motifs is 5. The molecule has 2 saturated heterocycles. The van der Waals surface area contributed by atoms with Crippen LogP contribution in [-0.4, -0.2) is 42.2 Å². The molecule has 1 aromatic rings. The maximum absolute atomic E-state index is 15.5. The number of ether oxygens (including phenoxy) is 2. The van der Waals surface area contributed by atoms with Crippen molar-refractivity contribution in [3.63, 3.8) is 0 Å². The monoisotopic (exact) mass is 524 g/mol. The Morgan fingerprint density at radius 3 is 2.53 bits per heavy atom. The number of phosphoric acid groups is 1. The van der Waals surface area contributed by atoms with Crippen molar-refractivity contribution in [2.24, 2.45) is 0 Å². The zero-order valence-electron chi connectivity index (χ0n) is 21.7. The Hall–Kier alpha value is -1.97. The lowest BCUT2D eigenvalue weighted by Gasteiger charge is -2.41. The Bertz CT molecular complexity index is 1170. The van der Waals surface area contributed by atoms with E-state index in [2.05, 4.69) is 5.32 Å². The molecule has 1 amide bonds. The fraction of sp³-hybridized carbons (Fsp3) is 0.640. The lowest BCUT2D eigenvalue weighted by Crippen LogP contribution is -2.58. The van der Waals surface area contributed by atoms with E-state index >= 15 is 4.39 Å². The van der Waals surface area contributed by atoms with E-state index < -0.39 is 36.9 Å². The van der Waals surface area contributed by atoms with E-state index in [1.165, 1.54) is 0 Å². The molecule has 4 aliphatic heterocycles. The maximum Gasteiger partial charge on any atom is 0.530 e. The van der Waals surface area contributed by atoms with Gasteiger partial charge in [0, 0.05) is 23.8 Å². The SMILES string of the molecule is CC1=CN2C3CC(OC2NC1=O)C(COP1(=O)OCc2c(F)c(C(C)(C)C)cc(C(C)(C)C)c2O1)O3. The van der Waals surface area contributed by atoms with Gasteiger partial charge in [-0.3, -0.25) is 13.8 Å². The fourth-order valence-electron chi connectivity index (χ4n) is 4.88. The van der Waals surface area contributed by atoms with E-state index in [-0.39, 0.29) is 42.8 Å². The molecule has 1 N–H and O–H groups in total. The summed E-state index contributed by atoms with van der Waals surface area (Å²) in [6, 6.07) is 1.79. The Balaban J connectivity index is 1.34. The Kier molecular flexibility index (Phi) is 6.08. The molecule has 5 atom stereocenters. The van der Waals surface area contributed by atoms with Crippen LogP contribution in [0.5, 0.6) is 5.75 Å². The molecule has 36 heavy (non-hydrogen) atoms. The molecule has 0 saturated carbocycles. The van der Waals surface area contributed by atoms with Gasteiger partial charge in [0.25, 0.3) is 5.91 Å². The zero-order chi connectivity index (χ0) is 26.2. The standard InChI is InChI=1S/C25H34FN2O7P/c1-13-10-28-19-9-17(34-23(28)27-22(13)29)18(33-19)12-32-36(30)31-11-14-20(26)15(24(2,3)4)8-16(21(14)35-36)25(5,6)7/h8,10,17-19,23H,9,11-12H2,1-7H3,(H,27,29). The number of carbonyl (C=O) groups excluding carboxylic acids is 1. The minimum atomic E-state index is -4.06. The predicted molar refractivity (Wildman–Crippen MR) is 128 cm³/mol. The topological polar surface area (TPSA) is 95.6 Å². The number of rotatable bonds is 3. The Morgan fingerprint density at radius 1 is 1.17 bits per heavy atom. The van der Waals surface area contributed by atoms with Gasteiger partial charge in [-0.2, -0.15) is 0 Å². The molecule has 9 nitrogen and oxygen atoms in total. The van der Waals surface area contributed by atoms with Gasteiger partial charge in [-0.05, 0) is 29.4 Å². The average Bonchev–Trinajstić information content (AvgIpc) is 3.09. The minimum Gasteiger partial charge on any atom is -0.403 e. The molecule has 2 fully saturated rings. The number of nitrogens with zero attached hydrogens (tertiary/aromatic N) is 1. The van der Waals surface area contributed by atoms with Crippen molar-refractivity contribution in [2.75, 3.05) is 6.61 Å². The second-order valence-electron chi connectivity index (χ2n) is 11.8. The molecular weight excluding hydrogens is 490 g/mol. The van der Waals surface area contributed by atoms with Crippen molar-refractivity contribution in [3.8, 4) is 5.75 Å². The largest absolute Gasteiger partial charge is 0.530 e. The number of benzene rings is 1. The molecular formula is C25H34FN2O7P. The normalized spacial score (nSPS) is 31.8. The van der Waals surface area contributed by atoms with Crippen LogP contribution in [0.2, 0.25) is 0 Å². The molecule has 5 unspecified atom stereocenters. The van der Waals surface area contributed by atoms with Gasteiger partial charge in [0.05, 0.1) is 24.9 Å². The summed E-state index contributed by atoms with van der Waals surface area (Å²) in [4.78, 5) is 13.8. The highest BCUT2D eigenvalue weighted by atomic mass is 31.2. The molecule has 0 radical (unpaired) electrons. The number of hydrogen-bond acceptors (Lipinski definition) is 8. The third-order valence-corrected chi connectivity index (χ3v) is 8.25. The van der Waals surface area contributed by atoms with Crippen LogP contribution in [0.4, 0.5) is 4.39 Å². The van der Waals surface area contributed by atoms with Gasteiger partial charge in [0.15, 0.2) is 0 Å². The summed E-state index contributed by atoms with van der Waals surface area (Å²) in [6.45, 7) is 13.2. The molecule has 4 aliphatic rings. The van der Waals surface area contributed by atoms with Crippen LogP contribution in [-0.2, 0) is 45.3 Å². The van der Waals surface area contributed by atoms with Gasteiger partial charge in [0.1, 0.15) is 23.9 Å². The summed E-state index contributed by atoms with van der Waals surface area (Å²) in [6.07, 6.45) is 0.416. The molecule has 0 spiro atoms. The van der Waals surface area contributed by atoms with E-state index in [9.17, 15) is 9.36 Å². The number of hydrogen-bond donors (Lipinski definition) is 1. The summed E-state index contributed by atoms with van der Waals surface area (Å²) >= 11 is 0. The predicted octanol–water partition coefficient (Wildman–Crippen LogP) is 4.59. The van der Waals surface area contributed by atoms with Gasteiger partial charge in [-0.25, -0.2) is 8.96 Å².